The summed E-state index contributed by atoms with van der Waals surface area (Å²) in [7, 11) is 2.02. The van der Waals surface area contributed by atoms with E-state index in [0.29, 0.717) is 18.6 Å². The molecule has 1 aromatic heterocycles. The first-order valence-corrected chi connectivity index (χ1v) is 10.5. The number of aliphatic imine (C=N–C) groups is 1. The molecule has 2 atom stereocenters. The van der Waals surface area contributed by atoms with E-state index < -0.39 is 0 Å². The van der Waals surface area contributed by atoms with Crippen molar-refractivity contribution in [1.82, 2.24) is 29.6 Å². The van der Waals surface area contributed by atoms with Gasteiger partial charge >= 0.3 is 6.03 Å². The highest BCUT2D eigenvalue weighted by Gasteiger charge is 2.40. The molecule has 0 aliphatic carbocycles. The predicted octanol–water partition coefficient (Wildman–Crippen LogP) is 1.16. The molecule has 0 aromatic carbocycles. The van der Waals surface area contributed by atoms with Crippen LogP contribution in [0.2, 0.25) is 0 Å². The van der Waals surface area contributed by atoms with Crippen LogP contribution in [0.15, 0.2) is 29.5 Å². The standard InChI is InChI=1S/C20H29N7O2/c1-14-8-25(9-16-7-21-12-24(16)2)10-17(14)19-22-18-11-26(13-27(18)20(28)23-19)15-3-5-29-6-4-15/h7,11-12,14-15,17H,3-6,8-10,13H2,1-2H3,(H,22,23,28). The number of imidazole rings is 1. The Bertz CT molecular complexity index is 842. The molecule has 5 heterocycles. The Morgan fingerprint density at radius 1 is 1.28 bits per heavy atom. The zero-order valence-corrected chi connectivity index (χ0v) is 17.1. The number of amidine groups is 1. The van der Waals surface area contributed by atoms with E-state index >= 15 is 0 Å². The second-order valence-corrected chi connectivity index (χ2v) is 8.62. The van der Waals surface area contributed by atoms with Gasteiger partial charge < -0.3 is 14.2 Å². The quantitative estimate of drug-likeness (QED) is 0.822. The van der Waals surface area contributed by atoms with E-state index in [4.69, 9.17) is 9.73 Å². The van der Waals surface area contributed by atoms with E-state index in [0.717, 1.165) is 57.3 Å². The average molecular weight is 399 g/mol. The topological polar surface area (TPSA) is 78.2 Å². The minimum absolute atomic E-state index is 0.0619. The van der Waals surface area contributed by atoms with E-state index in [1.165, 1.54) is 5.69 Å². The number of amides is 2. The van der Waals surface area contributed by atoms with Crippen molar-refractivity contribution in [3.8, 4) is 0 Å². The molecule has 0 bridgehead atoms. The van der Waals surface area contributed by atoms with Gasteiger partial charge in [0.2, 0.25) is 0 Å². The van der Waals surface area contributed by atoms with Gasteiger partial charge in [-0.3, -0.25) is 15.1 Å². The molecule has 1 aromatic rings. The molecular formula is C20H29N7O2. The lowest BCUT2D eigenvalue weighted by Crippen LogP contribution is -2.50. The molecule has 9 heteroatoms. The maximum Gasteiger partial charge on any atom is 0.329 e. The van der Waals surface area contributed by atoms with Gasteiger partial charge in [0.25, 0.3) is 0 Å². The third-order valence-electron chi connectivity index (χ3n) is 6.58. The van der Waals surface area contributed by atoms with Crippen molar-refractivity contribution in [3.63, 3.8) is 0 Å². The van der Waals surface area contributed by atoms with Crippen molar-refractivity contribution in [2.75, 3.05) is 33.0 Å². The minimum Gasteiger partial charge on any atom is -0.381 e. The van der Waals surface area contributed by atoms with Gasteiger partial charge in [-0.25, -0.2) is 14.8 Å². The highest BCUT2D eigenvalue weighted by Crippen LogP contribution is 2.30. The van der Waals surface area contributed by atoms with E-state index in [-0.39, 0.29) is 11.9 Å². The summed E-state index contributed by atoms with van der Waals surface area (Å²) in [6.07, 6.45) is 7.81. The molecule has 29 heavy (non-hydrogen) atoms. The van der Waals surface area contributed by atoms with E-state index in [1.807, 2.05) is 19.6 Å². The van der Waals surface area contributed by atoms with Crippen molar-refractivity contribution >= 4 is 11.9 Å². The van der Waals surface area contributed by atoms with Crippen LogP contribution in [-0.4, -0.2) is 75.1 Å². The van der Waals surface area contributed by atoms with E-state index in [1.54, 1.807) is 4.90 Å². The van der Waals surface area contributed by atoms with Crippen LogP contribution in [0.3, 0.4) is 0 Å². The van der Waals surface area contributed by atoms with Crippen LogP contribution >= 0.6 is 0 Å². The number of ether oxygens (including phenoxy) is 1. The van der Waals surface area contributed by atoms with Gasteiger partial charge in [0.15, 0.2) is 5.82 Å². The number of nitrogens with zero attached hydrogens (tertiary/aromatic N) is 6. The monoisotopic (exact) mass is 399 g/mol. The maximum absolute atomic E-state index is 12.8. The highest BCUT2D eigenvalue weighted by molar-refractivity contribution is 6.02. The molecule has 0 radical (unpaired) electrons. The summed E-state index contributed by atoms with van der Waals surface area (Å²) in [5, 5.41) is 3.08. The number of carbonyl (C=O) groups excluding carboxylic acids is 1. The van der Waals surface area contributed by atoms with E-state index in [9.17, 15) is 4.79 Å². The summed E-state index contributed by atoms with van der Waals surface area (Å²) in [6, 6.07) is 0.362. The smallest absolute Gasteiger partial charge is 0.329 e. The van der Waals surface area contributed by atoms with Gasteiger partial charge in [0.05, 0.1) is 12.0 Å². The van der Waals surface area contributed by atoms with Gasteiger partial charge in [-0.2, -0.15) is 0 Å². The first kappa shape index (κ1) is 18.6. The van der Waals surface area contributed by atoms with Gasteiger partial charge in [0, 0.05) is 64.3 Å². The minimum atomic E-state index is -0.0619. The van der Waals surface area contributed by atoms with E-state index in [2.05, 4.69) is 37.8 Å². The second-order valence-electron chi connectivity index (χ2n) is 8.62. The molecule has 2 amide bonds. The largest absolute Gasteiger partial charge is 0.381 e. The first-order chi connectivity index (χ1) is 14.1. The van der Waals surface area contributed by atoms with Gasteiger partial charge in [-0.05, 0) is 18.8 Å². The third-order valence-corrected chi connectivity index (χ3v) is 6.58. The van der Waals surface area contributed by atoms with Crippen molar-refractivity contribution in [1.29, 1.82) is 0 Å². The molecule has 1 N–H and O–H groups in total. The van der Waals surface area contributed by atoms with Crippen LogP contribution in [0.25, 0.3) is 0 Å². The summed E-state index contributed by atoms with van der Waals surface area (Å²) < 4.78 is 7.53. The molecule has 2 saturated heterocycles. The van der Waals surface area contributed by atoms with Crippen molar-refractivity contribution in [2.24, 2.45) is 23.9 Å². The molecule has 9 nitrogen and oxygen atoms in total. The lowest BCUT2D eigenvalue weighted by molar-refractivity contribution is 0.0459. The molecule has 4 aliphatic rings. The zero-order chi connectivity index (χ0) is 20.0. The summed E-state index contributed by atoms with van der Waals surface area (Å²) in [4.78, 5) is 28.3. The number of nitrogens with one attached hydrogen (secondary N) is 1. The second kappa shape index (κ2) is 7.46. The third kappa shape index (κ3) is 3.53. The molecule has 2 fully saturated rings. The summed E-state index contributed by atoms with van der Waals surface area (Å²) in [6.45, 7) is 7.14. The molecule has 5 rings (SSSR count). The van der Waals surface area contributed by atoms with Crippen molar-refractivity contribution < 1.29 is 9.53 Å². The summed E-state index contributed by atoms with van der Waals surface area (Å²) in [5.41, 5.74) is 1.20. The average Bonchev–Trinajstić information content (AvgIpc) is 3.42. The Balaban J connectivity index is 1.30. The normalized spacial score (nSPS) is 28.4. The molecule has 2 unspecified atom stereocenters. The first-order valence-electron chi connectivity index (χ1n) is 10.5. The Morgan fingerprint density at radius 2 is 2.10 bits per heavy atom. The fourth-order valence-corrected chi connectivity index (χ4v) is 4.81. The SMILES string of the molecule is CC1CN(Cc2cncn2C)CC1C1=NC2=CN(C3CCOCC3)CN2C(=O)N1. The number of aromatic nitrogens is 2. The van der Waals surface area contributed by atoms with Crippen LogP contribution in [0.1, 0.15) is 25.5 Å². The Morgan fingerprint density at radius 3 is 2.86 bits per heavy atom. The Hall–Kier alpha value is -2.39. The van der Waals surface area contributed by atoms with Crippen LogP contribution in [0, 0.1) is 11.8 Å². The number of hydrogen-bond acceptors (Lipinski definition) is 6. The number of carbonyl (C=O) groups is 1. The fraction of sp³-hybridized carbons (Fsp3) is 0.650. The van der Waals surface area contributed by atoms with Crippen LogP contribution in [-0.2, 0) is 18.3 Å². The number of hydrogen-bond donors (Lipinski definition) is 1. The molecule has 0 spiro atoms. The van der Waals surface area contributed by atoms with Crippen molar-refractivity contribution in [3.05, 3.63) is 30.2 Å². The van der Waals surface area contributed by atoms with Gasteiger partial charge in [0.1, 0.15) is 12.5 Å². The summed E-state index contributed by atoms with van der Waals surface area (Å²) in [5.74, 6) is 2.24. The molecule has 156 valence electrons. The maximum atomic E-state index is 12.8. The molecule has 4 aliphatic heterocycles. The number of rotatable bonds is 4. The molecular weight excluding hydrogens is 370 g/mol. The Labute approximate surface area is 171 Å². The number of aryl methyl sites for hydroxylation is 1. The van der Waals surface area contributed by atoms with Crippen LogP contribution in [0.5, 0.6) is 0 Å². The van der Waals surface area contributed by atoms with Gasteiger partial charge in [-0.1, -0.05) is 6.92 Å². The number of urea groups is 1. The van der Waals surface area contributed by atoms with Gasteiger partial charge in [-0.15, -0.1) is 0 Å². The molecule has 0 saturated carbocycles. The van der Waals surface area contributed by atoms with Crippen LogP contribution in [0.4, 0.5) is 4.79 Å². The van der Waals surface area contributed by atoms with Crippen LogP contribution < -0.4 is 5.32 Å². The fourth-order valence-electron chi connectivity index (χ4n) is 4.81. The number of likely N-dealkylation sites (tertiary alicyclic amines) is 1. The Kier molecular flexibility index (Phi) is 4.79. The lowest BCUT2D eigenvalue weighted by Gasteiger charge is -2.32. The zero-order valence-electron chi connectivity index (χ0n) is 17.1. The lowest BCUT2D eigenvalue weighted by atomic mass is 9.96. The highest BCUT2D eigenvalue weighted by atomic mass is 16.5. The predicted molar refractivity (Wildman–Crippen MR) is 108 cm³/mol. The summed E-state index contributed by atoms with van der Waals surface area (Å²) >= 11 is 0. The van der Waals surface area contributed by atoms with Crippen molar-refractivity contribution in [2.45, 2.75) is 32.4 Å². The number of fused-ring (bicyclic) bond motifs is 1.